The SMILES string of the molecule is COc1ccc(CC(C)=O)c2c1OCC2. The molecule has 80 valence electrons. The zero-order chi connectivity index (χ0) is 10.8. The van der Waals surface area contributed by atoms with E-state index in [1.807, 2.05) is 12.1 Å². The number of methoxy groups -OCH3 is 1. The molecule has 0 atom stereocenters. The minimum absolute atomic E-state index is 0.175. The van der Waals surface area contributed by atoms with Gasteiger partial charge in [-0.2, -0.15) is 0 Å². The van der Waals surface area contributed by atoms with E-state index in [9.17, 15) is 4.79 Å². The lowest BCUT2D eigenvalue weighted by molar-refractivity contribution is -0.116. The molecule has 0 spiro atoms. The topological polar surface area (TPSA) is 35.5 Å². The first-order chi connectivity index (χ1) is 7.22. The minimum Gasteiger partial charge on any atom is -0.493 e. The number of Topliss-reactive ketones (excluding diaryl/α,β-unsaturated/α-hetero) is 1. The van der Waals surface area contributed by atoms with Gasteiger partial charge in [0, 0.05) is 18.4 Å². The molecule has 1 aromatic rings. The third kappa shape index (κ3) is 1.82. The first kappa shape index (κ1) is 10.0. The van der Waals surface area contributed by atoms with Crippen molar-refractivity contribution in [3.63, 3.8) is 0 Å². The molecule has 0 N–H and O–H groups in total. The van der Waals surface area contributed by atoms with Gasteiger partial charge in [-0.3, -0.25) is 4.79 Å². The van der Waals surface area contributed by atoms with Gasteiger partial charge in [-0.05, 0) is 18.6 Å². The van der Waals surface area contributed by atoms with Crippen LogP contribution in [0.15, 0.2) is 12.1 Å². The van der Waals surface area contributed by atoms with Crippen LogP contribution in [0.5, 0.6) is 11.5 Å². The molecule has 0 saturated heterocycles. The molecular formula is C12H14O3. The third-order valence-electron chi connectivity index (χ3n) is 2.58. The first-order valence-electron chi connectivity index (χ1n) is 5.03. The van der Waals surface area contributed by atoms with Gasteiger partial charge >= 0.3 is 0 Å². The molecule has 0 amide bonds. The average molecular weight is 206 g/mol. The monoisotopic (exact) mass is 206 g/mol. The molecule has 1 aliphatic heterocycles. The molecule has 2 rings (SSSR count). The maximum atomic E-state index is 11.1. The van der Waals surface area contributed by atoms with Crippen LogP contribution in [0.25, 0.3) is 0 Å². The summed E-state index contributed by atoms with van der Waals surface area (Å²) in [5.74, 6) is 1.75. The highest BCUT2D eigenvalue weighted by atomic mass is 16.5. The molecule has 0 fully saturated rings. The largest absolute Gasteiger partial charge is 0.493 e. The number of ketones is 1. The van der Waals surface area contributed by atoms with Gasteiger partial charge in [0.15, 0.2) is 11.5 Å². The predicted molar refractivity (Wildman–Crippen MR) is 56.6 cm³/mol. The summed E-state index contributed by atoms with van der Waals surface area (Å²) >= 11 is 0. The maximum absolute atomic E-state index is 11.1. The van der Waals surface area contributed by atoms with E-state index in [4.69, 9.17) is 9.47 Å². The van der Waals surface area contributed by atoms with Crippen molar-refractivity contribution in [1.82, 2.24) is 0 Å². The zero-order valence-electron chi connectivity index (χ0n) is 9.00. The summed E-state index contributed by atoms with van der Waals surface area (Å²) in [6.07, 6.45) is 1.35. The average Bonchev–Trinajstić information content (AvgIpc) is 2.66. The van der Waals surface area contributed by atoms with Crippen LogP contribution in [-0.4, -0.2) is 19.5 Å². The van der Waals surface area contributed by atoms with Crippen molar-refractivity contribution in [1.29, 1.82) is 0 Å². The van der Waals surface area contributed by atoms with Crippen molar-refractivity contribution in [3.05, 3.63) is 23.3 Å². The summed E-state index contributed by atoms with van der Waals surface area (Å²) in [6, 6.07) is 3.82. The van der Waals surface area contributed by atoms with Gasteiger partial charge in [-0.15, -0.1) is 0 Å². The Balaban J connectivity index is 2.42. The fraction of sp³-hybridized carbons (Fsp3) is 0.417. The van der Waals surface area contributed by atoms with Crippen LogP contribution in [0.3, 0.4) is 0 Å². The molecule has 0 unspecified atom stereocenters. The summed E-state index contributed by atoms with van der Waals surface area (Å²) in [5, 5.41) is 0. The highest BCUT2D eigenvalue weighted by molar-refractivity contribution is 5.79. The van der Waals surface area contributed by atoms with Crippen LogP contribution >= 0.6 is 0 Å². The number of hydrogen-bond donors (Lipinski definition) is 0. The molecule has 0 aromatic heterocycles. The Morgan fingerprint density at radius 3 is 3.00 bits per heavy atom. The highest BCUT2D eigenvalue weighted by Gasteiger charge is 2.21. The van der Waals surface area contributed by atoms with Gasteiger partial charge in [0.1, 0.15) is 5.78 Å². The van der Waals surface area contributed by atoms with Gasteiger partial charge in [0.25, 0.3) is 0 Å². The van der Waals surface area contributed by atoms with E-state index in [2.05, 4.69) is 0 Å². The Morgan fingerprint density at radius 1 is 1.53 bits per heavy atom. The van der Waals surface area contributed by atoms with E-state index >= 15 is 0 Å². The molecule has 3 heteroatoms. The van der Waals surface area contributed by atoms with Crippen LogP contribution < -0.4 is 9.47 Å². The number of fused-ring (bicyclic) bond motifs is 1. The lowest BCUT2D eigenvalue weighted by Crippen LogP contribution is -2.00. The van der Waals surface area contributed by atoms with Crippen LogP contribution in [0.1, 0.15) is 18.1 Å². The number of ether oxygens (including phenoxy) is 2. The van der Waals surface area contributed by atoms with E-state index in [1.54, 1.807) is 14.0 Å². The summed E-state index contributed by atoms with van der Waals surface area (Å²) in [7, 11) is 1.63. The lowest BCUT2D eigenvalue weighted by Gasteiger charge is -2.09. The van der Waals surface area contributed by atoms with Crippen LogP contribution in [0.4, 0.5) is 0 Å². The minimum atomic E-state index is 0.175. The zero-order valence-corrected chi connectivity index (χ0v) is 9.00. The van der Waals surface area contributed by atoms with Gasteiger partial charge in [0.05, 0.1) is 13.7 Å². The molecule has 1 heterocycles. The maximum Gasteiger partial charge on any atom is 0.164 e. The molecule has 1 aromatic carbocycles. The lowest BCUT2D eigenvalue weighted by atomic mass is 10.0. The van der Waals surface area contributed by atoms with E-state index in [0.29, 0.717) is 13.0 Å². The molecule has 3 nitrogen and oxygen atoms in total. The van der Waals surface area contributed by atoms with Crippen molar-refractivity contribution < 1.29 is 14.3 Å². The standard InChI is InChI=1S/C12H14O3/c1-8(13)7-9-3-4-11(14-2)12-10(9)5-6-15-12/h3-4H,5-7H2,1-2H3. The molecular weight excluding hydrogens is 192 g/mol. The molecule has 15 heavy (non-hydrogen) atoms. The quantitative estimate of drug-likeness (QED) is 0.756. The number of benzene rings is 1. The van der Waals surface area contributed by atoms with Crippen LogP contribution in [0, 0.1) is 0 Å². The number of carbonyl (C=O) groups is 1. The second kappa shape index (κ2) is 3.93. The Kier molecular flexibility index (Phi) is 2.62. The summed E-state index contributed by atoms with van der Waals surface area (Å²) in [5.41, 5.74) is 2.19. The smallest absolute Gasteiger partial charge is 0.164 e. The molecule has 0 aliphatic carbocycles. The number of carbonyl (C=O) groups excluding carboxylic acids is 1. The van der Waals surface area contributed by atoms with Crippen molar-refractivity contribution >= 4 is 5.78 Å². The second-order valence-electron chi connectivity index (χ2n) is 3.71. The van der Waals surface area contributed by atoms with E-state index in [0.717, 1.165) is 29.0 Å². The fourth-order valence-corrected chi connectivity index (χ4v) is 1.93. The van der Waals surface area contributed by atoms with Crippen molar-refractivity contribution in [3.8, 4) is 11.5 Å². The summed E-state index contributed by atoms with van der Waals surface area (Å²) < 4.78 is 10.7. The van der Waals surface area contributed by atoms with Gasteiger partial charge in [-0.1, -0.05) is 6.07 Å². The Bertz CT molecular complexity index is 396. The summed E-state index contributed by atoms with van der Waals surface area (Å²) in [6.45, 7) is 2.28. The Morgan fingerprint density at radius 2 is 2.33 bits per heavy atom. The predicted octanol–water partition coefficient (Wildman–Crippen LogP) is 1.76. The van der Waals surface area contributed by atoms with Crippen LogP contribution in [0.2, 0.25) is 0 Å². The number of rotatable bonds is 3. The van der Waals surface area contributed by atoms with Crippen molar-refractivity contribution in [2.75, 3.05) is 13.7 Å². The third-order valence-corrected chi connectivity index (χ3v) is 2.58. The van der Waals surface area contributed by atoms with Gasteiger partial charge < -0.3 is 9.47 Å². The first-order valence-corrected chi connectivity index (χ1v) is 5.03. The Labute approximate surface area is 89.0 Å². The second-order valence-corrected chi connectivity index (χ2v) is 3.71. The normalized spacial score (nSPS) is 13.2. The van der Waals surface area contributed by atoms with Crippen LogP contribution in [-0.2, 0) is 17.6 Å². The fourth-order valence-electron chi connectivity index (χ4n) is 1.93. The highest BCUT2D eigenvalue weighted by Crippen LogP contribution is 2.37. The van der Waals surface area contributed by atoms with Gasteiger partial charge in [0.2, 0.25) is 0 Å². The Hall–Kier alpha value is -1.51. The van der Waals surface area contributed by atoms with E-state index in [1.165, 1.54) is 0 Å². The van der Waals surface area contributed by atoms with E-state index in [-0.39, 0.29) is 5.78 Å². The van der Waals surface area contributed by atoms with Crippen molar-refractivity contribution in [2.45, 2.75) is 19.8 Å². The molecule has 1 aliphatic rings. The molecule has 0 saturated carbocycles. The summed E-state index contributed by atoms with van der Waals surface area (Å²) in [4.78, 5) is 11.1. The number of hydrogen-bond acceptors (Lipinski definition) is 3. The molecule has 0 bridgehead atoms. The van der Waals surface area contributed by atoms with Crippen molar-refractivity contribution in [2.24, 2.45) is 0 Å². The van der Waals surface area contributed by atoms with Gasteiger partial charge in [-0.25, -0.2) is 0 Å². The molecule has 0 radical (unpaired) electrons. The van der Waals surface area contributed by atoms with E-state index < -0.39 is 0 Å².